The molecular weight excluding hydrogens is 308 g/mol. The van der Waals surface area contributed by atoms with Crippen LogP contribution in [0.3, 0.4) is 0 Å². The van der Waals surface area contributed by atoms with Crippen molar-refractivity contribution >= 4 is 11.7 Å². The predicted molar refractivity (Wildman–Crippen MR) is 92.4 cm³/mol. The monoisotopic (exact) mass is 332 g/mol. The Morgan fingerprint density at radius 3 is 2.62 bits per heavy atom. The number of urea groups is 1. The smallest absolute Gasteiger partial charge is 0.319 e. The fourth-order valence-corrected chi connectivity index (χ4v) is 2.26. The Balaban J connectivity index is 1.93. The van der Waals surface area contributed by atoms with Crippen LogP contribution >= 0.6 is 0 Å². The number of amides is 2. The van der Waals surface area contributed by atoms with Gasteiger partial charge in [0.15, 0.2) is 0 Å². The topological polar surface area (TPSA) is 83.7 Å². The van der Waals surface area contributed by atoms with Crippen LogP contribution in [0.2, 0.25) is 0 Å². The molecule has 130 valence electrons. The van der Waals surface area contributed by atoms with Gasteiger partial charge in [0.1, 0.15) is 22.9 Å². The molecule has 6 nitrogen and oxygen atoms in total. The molecule has 1 atom stereocenters. The zero-order valence-electron chi connectivity index (χ0n) is 14.5. The van der Waals surface area contributed by atoms with E-state index in [-0.39, 0.29) is 6.54 Å². The molecule has 6 heteroatoms. The van der Waals surface area contributed by atoms with E-state index in [0.29, 0.717) is 23.8 Å². The predicted octanol–water partition coefficient (Wildman–Crippen LogP) is 3.32. The van der Waals surface area contributed by atoms with Crippen molar-refractivity contribution in [3.8, 4) is 5.75 Å². The number of nitrogens with one attached hydrogen (secondary N) is 2. The van der Waals surface area contributed by atoms with Gasteiger partial charge in [-0.25, -0.2) is 4.79 Å². The highest BCUT2D eigenvalue weighted by atomic mass is 16.5. The van der Waals surface area contributed by atoms with Crippen LogP contribution in [0.4, 0.5) is 10.5 Å². The molecule has 0 aliphatic rings. The molecule has 24 heavy (non-hydrogen) atoms. The van der Waals surface area contributed by atoms with Crippen molar-refractivity contribution in [2.75, 3.05) is 18.5 Å². The van der Waals surface area contributed by atoms with Crippen molar-refractivity contribution in [1.82, 2.24) is 5.32 Å². The normalized spacial score (nSPS) is 13.2. The maximum atomic E-state index is 12.1. The van der Waals surface area contributed by atoms with Crippen LogP contribution in [0.15, 0.2) is 34.7 Å². The molecule has 0 bridgehead atoms. The molecule has 2 aromatic rings. The number of aliphatic hydroxyl groups is 1. The summed E-state index contributed by atoms with van der Waals surface area (Å²) in [5.74, 6) is 1.88. The van der Waals surface area contributed by atoms with Crippen molar-refractivity contribution in [3.63, 3.8) is 0 Å². The molecule has 0 aliphatic heterocycles. The van der Waals surface area contributed by atoms with Gasteiger partial charge in [0.05, 0.1) is 13.2 Å². The Kier molecular flexibility index (Phi) is 5.51. The van der Waals surface area contributed by atoms with Crippen molar-refractivity contribution in [2.24, 2.45) is 0 Å². The summed E-state index contributed by atoms with van der Waals surface area (Å²) in [7, 11) is 0. The van der Waals surface area contributed by atoms with E-state index in [1.54, 1.807) is 38.1 Å². The maximum absolute atomic E-state index is 12.1. The summed E-state index contributed by atoms with van der Waals surface area (Å²) in [6, 6.07) is 8.52. The Bertz CT molecular complexity index is 707. The molecular formula is C18H24N2O4. The van der Waals surface area contributed by atoms with Crippen molar-refractivity contribution in [2.45, 2.75) is 33.3 Å². The number of hydrogen-bond donors (Lipinski definition) is 3. The lowest BCUT2D eigenvalue weighted by atomic mass is 10.0. The molecule has 0 saturated heterocycles. The third kappa shape index (κ3) is 4.52. The van der Waals surface area contributed by atoms with Crippen LogP contribution < -0.4 is 15.4 Å². The van der Waals surface area contributed by atoms with Crippen LogP contribution in [0.25, 0.3) is 0 Å². The first-order valence-electron chi connectivity index (χ1n) is 7.89. The molecule has 0 spiro atoms. The highest BCUT2D eigenvalue weighted by molar-refractivity contribution is 5.90. The average Bonchev–Trinajstić information content (AvgIpc) is 2.96. The van der Waals surface area contributed by atoms with Crippen LogP contribution in [0, 0.1) is 13.8 Å². The number of hydrogen-bond acceptors (Lipinski definition) is 4. The lowest BCUT2D eigenvalue weighted by Crippen LogP contribution is -2.40. The van der Waals surface area contributed by atoms with Gasteiger partial charge in [0.25, 0.3) is 0 Å². The molecule has 0 unspecified atom stereocenters. The first kappa shape index (κ1) is 17.9. The Hall–Kier alpha value is -2.47. The number of carbonyl (C=O) groups is 1. The molecule has 0 aliphatic carbocycles. The largest absolute Gasteiger partial charge is 0.494 e. The van der Waals surface area contributed by atoms with E-state index >= 15 is 0 Å². The van der Waals surface area contributed by atoms with Crippen LogP contribution in [-0.4, -0.2) is 24.3 Å². The van der Waals surface area contributed by atoms with Gasteiger partial charge >= 0.3 is 6.03 Å². The Morgan fingerprint density at radius 1 is 1.29 bits per heavy atom. The third-order valence-corrected chi connectivity index (χ3v) is 3.62. The quantitative estimate of drug-likeness (QED) is 0.757. The average molecular weight is 332 g/mol. The third-order valence-electron chi connectivity index (χ3n) is 3.62. The van der Waals surface area contributed by atoms with E-state index in [2.05, 4.69) is 10.6 Å². The van der Waals surface area contributed by atoms with Crippen molar-refractivity contribution in [1.29, 1.82) is 0 Å². The highest BCUT2D eigenvalue weighted by Gasteiger charge is 2.27. The van der Waals surface area contributed by atoms with Gasteiger partial charge in [-0.3, -0.25) is 0 Å². The number of carbonyl (C=O) groups excluding carboxylic acids is 1. The number of benzene rings is 1. The first-order valence-corrected chi connectivity index (χ1v) is 7.89. The van der Waals surface area contributed by atoms with Crippen molar-refractivity contribution < 1.29 is 19.1 Å². The van der Waals surface area contributed by atoms with Gasteiger partial charge in [-0.15, -0.1) is 0 Å². The molecule has 0 fully saturated rings. The second kappa shape index (κ2) is 7.40. The number of anilines is 1. The Morgan fingerprint density at radius 2 is 2.04 bits per heavy atom. The summed E-state index contributed by atoms with van der Waals surface area (Å²) in [5, 5.41) is 15.8. The molecule has 1 aromatic heterocycles. The standard InChI is InChI=1S/C18H24N2O4/c1-5-23-14-7-8-15(12(2)10-14)20-17(21)19-11-18(4,22)16-9-6-13(3)24-16/h6-10,22H,5,11H2,1-4H3,(H2,19,20,21)/t18-/m1/s1. The fourth-order valence-electron chi connectivity index (χ4n) is 2.26. The molecule has 1 heterocycles. The maximum Gasteiger partial charge on any atom is 0.319 e. The van der Waals surface area contributed by atoms with E-state index < -0.39 is 11.6 Å². The summed E-state index contributed by atoms with van der Waals surface area (Å²) in [4.78, 5) is 12.1. The fraction of sp³-hybridized carbons (Fsp3) is 0.389. The molecule has 0 saturated carbocycles. The molecule has 3 N–H and O–H groups in total. The van der Waals surface area contributed by atoms with E-state index in [9.17, 15) is 9.90 Å². The van der Waals surface area contributed by atoms with Gasteiger partial charge in [-0.05, 0) is 63.6 Å². The van der Waals surface area contributed by atoms with E-state index in [4.69, 9.17) is 9.15 Å². The summed E-state index contributed by atoms with van der Waals surface area (Å²) >= 11 is 0. The second-order valence-corrected chi connectivity index (χ2v) is 5.90. The number of rotatable bonds is 6. The summed E-state index contributed by atoms with van der Waals surface area (Å²) in [6.45, 7) is 7.82. The van der Waals surface area contributed by atoms with Crippen LogP contribution in [0.1, 0.15) is 30.9 Å². The number of furan rings is 1. The minimum absolute atomic E-state index is 0.0296. The summed E-state index contributed by atoms with van der Waals surface area (Å²) in [6.07, 6.45) is 0. The minimum atomic E-state index is -1.28. The second-order valence-electron chi connectivity index (χ2n) is 5.90. The first-order chi connectivity index (χ1) is 11.3. The van der Waals surface area contributed by atoms with E-state index in [0.717, 1.165) is 11.3 Å². The lowest BCUT2D eigenvalue weighted by Gasteiger charge is -2.21. The van der Waals surface area contributed by atoms with Crippen LogP contribution in [0.5, 0.6) is 5.75 Å². The Labute approximate surface area is 141 Å². The number of ether oxygens (including phenoxy) is 1. The van der Waals surface area contributed by atoms with E-state index in [1.165, 1.54) is 0 Å². The SMILES string of the molecule is CCOc1ccc(NC(=O)NC[C@@](C)(O)c2ccc(C)o2)c(C)c1. The molecule has 2 amide bonds. The zero-order valence-corrected chi connectivity index (χ0v) is 14.5. The highest BCUT2D eigenvalue weighted by Crippen LogP contribution is 2.23. The number of aryl methyl sites for hydroxylation is 2. The van der Waals surface area contributed by atoms with Crippen molar-refractivity contribution in [3.05, 3.63) is 47.4 Å². The summed E-state index contributed by atoms with van der Waals surface area (Å²) < 4.78 is 10.8. The van der Waals surface area contributed by atoms with Gasteiger partial charge in [-0.2, -0.15) is 0 Å². The van der Waals surface area contributed by atoms with Gasteiger partial charge in [0.2, 0.25) is 0 Å². The van der Waals surface area contributed by atoms with Gasteiger partial charge in [-0.1, -0.05) is 0 Å². The lowest BCUT2D eigenvalue weighted by molar-refractivity contribution is 0.0364. The minimum Gasteiger partial charge on any atom is -0.494 e. The molecule has 1 aromatic carbocycles. The van der Waals surface area contributed by atoms with Crippen LogP contribution in [-0.2, 0) is 5.60 Å². The molecule has 2 rings (SSSR count). The molecule has 0 radical (unpaired) electrons. The summed E-state index contributed by atoms with van der Waals surface area (Å²) in [5.41, 5.74) is 0.299. The van der Waals surface area contributed by atoms with Gasteiger partial charge in [0, 0.05) is 5.69 Å². The zero-order chi connectivity index (χ0) is 17.7. The van der Waals surface area contributed by atoms with E-state index in [1.807, 2.05) is 19.9 Å². The van der Waals surface area contributed by atoms with Gasteiger partial charge < -0.3 is 24.9 Å².